The Hall–Kier alpha value is -2.34. The number of benzene rings is 1. The van der Waals surface area contributed by atoms with Crippen molar-refractivity contribution >= 4 is 5.69 Å². The summed E-state index contributed by atoms with van der Waals surface area (Å²) < 4.78 is 2.62. The summed E-state index contributed by atoms with van der Waals surface area (Å²) in [5, 5.41) is 0. The maximum Gasteiger partial charge on any atom is 0.330 e. The summed E-state index contributed by atoms with van der Waals surface area (Å²) in [6.45, 7) is 3.56. The summed E-state index contributed by atoms with van der Waals surface area (Å²) in [5.41, 5.74) is 2.62. The van der Waals surface area contributed by atoms with Crippen LogP contribution in [0.5, 0.6) is 0 Å². The first kappa shape index (κ1) is 18.5. The molecular formula is C20H28N4O2. The van der Waals surface area contributed by atoms with Crippen molar-refractivity contribution < 1.29 is 0 Å². The summed E-state index contributed by atoms with van der Waals surface area (Å²) in [4.78, 5) is 28.6. The molecule has 0 bridgehead atoms. The van der Waals surface area contributed by atoms with Crippen molar-refractivity contribution in [2.45, 2.75) is 32.4 Å². The molecular weight excluding hydrogens is 328 g/mol. The lowest BCUT2D eigenvalue weighted by Gasteiger charge is -2.29. The van der Waals surface area contributed by atoms with Gasteiger partial charge >= 0.3 is 5.69 Å². The first-order chi connectivity index (χ1) is 12.5. The van der Waals surface area contributed by atoms with Crippen LogP contribution < -0.4 is 16.1 Å². The Kier molecular flexibility index (Phi) is 5.61. The molecule has 26 heavy (non-hydrogen) atoms. The van der Waals surface area contributed by atoms with E-state index in [1.54, 1.807) is 13.2 Å². The fourth-order valence-corrected chi connectivity index (χ4v) is 3.61. The van der Waals surface area contributed by atoms with Crippen molar-refractivity contribution in [1.82, 2.24) is 14.0 Å². The predicted octanol–water partition coefficient (Wildman–Crippen LogP) is 1.71. The van der Waals surface area contributed by atoms with Crippen LogP contribution in [0, 0.1) is 0 Å². The van der Waals surface area contributed by atoms with E-state index >= 15 is 0 Å². The molecule has 1 fully saturated rings. The number of aromatic nitrogens is 2. The number of hydrogen-bond donors (Lipinski definition) is 0. The Bertz CT molecular complexity index is 861. The zero-order valence-electron chi connectivity index (χ0n) is 15.9. The van der Waals surface area contributed by atoms with Gasteiger partial charge in [0.25, 0.3) is 5.56 Å². The molecule has 1 aromatic heterocycles. The number of anilines is 1. The van der Waals surface area contributed by atoms with Crippen molar-refractivity contribution in [3.05, 3.63) is 62.4 Å². The van der Waals surface area contributed by atoms with E-state index in [1.807, 2.05) is 7.05 Å². The predicted molar refractivity (Wildman–Crippen MR) is 105 cm³/mol. The molecule has 0 saturated carbocycles. The van der Waals surface area contributed by atoms with Crippen LogP contribution in [0.3, 0.4) is 0 Å². The van der Waals surface area contributed by atoms with Crippen LogP contribution in [0.25, 0.3) is 0 Å². The second-order valence-electron chi connectivity index (χ2n) is 7.30. The quantitative estimate of drug-likeness (QED) is 0.818. The molecule has 1 aliphatic heterocycles. The molecule has 0 unspecified atom stereocenters. The highest BCUT2D eigenvalue weighted by Gasteiger charge is 2.12. The Morgan fingerprint density at radius 3 is 2.27 bits per heavy atom. The molecule has 0 spiro atoms. The Morgan fingerprint density at radius 2 is 1.62 bits per heavy atom. The first-order valence-electron chi connectivity index (χ1n) is 9.23. The lowest BCUT2D eigenvalue weighted by Crippen LogP contribution is -2.39. The maximum atomic E-state index is 12.3. The van der Waals surface area contributed by atoms with Gasteiger partial charge in [-0.1, -0.05) is 12.1 Å². The fraction of sp³-hybridized carbons (Fsp3) is 0.500. The standard InChI is InChI=1S/C20H28N4O2/c1-21(14-17-15-22(2)20(26)23(3)19(17)25)13-16-7-9-18(10-8-16)24-11-5-4-6-12-24/h7-10,15H,4-6,11-14H2,1-3H3. The number of hydrogen-bond acceptors (Lipinski definition) is 4. The van der Waals surface area contributed by atoms with Crippen LogP contribution in [0.15, 0.2) is 40.1 Å². The molecule has 3 rings (SSSR count). The van der Waals surface area contributed by atoms with Gasteiger partial charge in [-0.25, -0.2) is 4.79 Å². The number of aryl methyl sites for hydroxylation is 1. The van der Waals surface area contributed by atoms with E-state index in [2.05, 4.69) is 34.1 Å². The molecule has 6 heteroatoms. The van der Waals surface area contributed by atoms with Gasteiger partial charge in [-0.3, -0.25) is 14.3 Å². The number of nitrogens with zero attached hydrogens (tertiary/aromatic N) is 4. The van der Waals surface area contributed by atoms with Crippen LogP contribution in [0.4, 0.5) is 5.69 Å². The minimum atomic E-state index is -0.297. The molecule has 0 radical (unpaired) electrons. The molecule has 6 nitrogen and oxygen atoms in total. The molecule has 1 aromatic carbocycles. The molecule has 1 saturated heterocycles. The van der Waals surface area contributed by atoms with Crippen molar-refractivity contribution in [1.29, 1.82) is 0 Å². The second-order valence-corrected chi connectivity index (χ2v) is 7.30. The highest BCUT2D eigenvalue weighted by molar-refractivity contribution is 5.47. The van der Waals surface area contributed by atoms with Gasteiger partial charge in [0.15, 0.2) is 0 Å². The minimum Gasteiger partial charge on any atom is -0.372 e. The molecule has 0 N–H and O–H groups in total. The monoisotopic (exact) mass is 356 g/mol. The molecule has 0 atom stereocenters. The number of piperidine rings is 1. The highest BCUT2D eigenvalue weighted by atomic mass is 16.2. The van der Waals surface area contributed by atoms with E-state index in [0.29, 0.717) is 12.1 Å². The molecule has 1 aliphatic rings. The largest absolute Gasteiger partial charge is 0.372 e. The SMILES string of the molecule is CN(Cc1ccc(N2CCCCC2)cc1)Cc1cn(C)c(=O)n(C)c1=O. The average molecular weight is 356 g/mol. The third-order valence-electron chi connectivity index (χ3n) is 5.07. The lowest BCUT2D eigenvalue weighted by atomic mass is 10.1. The molecule has 0 aliphatic carbocycles. The van der Waals surface area contributed by atoms with Crippen LogP contribution >= 0.6 is 0 Å². The summed E-state index contributed by atoms with van der Waals surface area (Å²) in [6.07, 6.45) is 5.53. The van der Waals surface area contributed by atoms with Gasteiger partial charge in [0, 0.05) is 57.7 Å². The van der Waals surface area contributed by atoms with Gasteiger partial charge in [0.1, 0.15) is 0 Å². The van der Waals surface area contributed by atoms with Gasteiger partial charge in [-0.15, -0.1) is 0 Å². The van der Waals surface area contributed by atoms with Gasteiger partial charge in [0.2, 0.25) is 0 Å². The normalized spacial score (nSPS) is 14.8. The van der Waals surface area contributed by atoms with Crippen molar-refractivity contribution in [3.8, 4) is 0 Å². The summed E-state index contributed by atoms with van der Waals surface area (Å²) in [5.74, 6) is 0. The second kappa shape index (κ2) is 7.91. The van der Waals surface area contributed by atoms with E-state index < -0.39 is 0 Å². The smallest absolute Gasteiger partial charge is 0.330 e. The Balaban J connectivity index is 1.66. The summed E-state index contributed by atoms with van der Waals surface area (Å²) >= 11 is 0. The fourth-order valence-electron chi connectivity index (χ4n) is 3.61. The minimum absolute atomic E-state index is 0.222. The van der Waals surface area contributed by atoms with Crippen LogP contribution in [0.2, 0.25) is 0 Å². The molecule has 0 amide bonds. The number of rotatable bonds is 5. The van der Waals surface area contributed by atoms with E-state index in [1.165, 1.54) is 42.1 Å². The topological polar surface area (TPSA) is 50.5 Å². The van der Waals surface area contributed by atoms with Crippen LogP contribution in [0.1, 0.15) is 30.4 Å². The van der Waals surface area contributed by atoms with Gasteiger partial charge in [0.05, 0.1) is 0 Å². The molecule has 140 valence electrons. The molecule has 2 heterocycles. The van der Waals surface area contributed by atoms with E-state index in [0.717, 1.165) is 24.2 Å². The van der Waals surface area contributed by atoms with Gasteiger partial charge < -0.3 is 9.47 Å². The van der Waals surface area contributed by atoms with Crippen LogP contribution in [-0.4, -0.2) is 34.2 Å². The van der Waals surface area contributed by atoms with Crippen LogP contribution in [-0.2, 0) is 27.2 Å². The Labute approximate surface area is 154 Å². The highest BCUT2D eigenvalue weighted by Crippen LogP contribution is 2.20. The zero-order valence-corrected chi connectivity index (χ0v) is 15.9. The maximum absolute atomic E-state index is 12.3. The molecule has 2 aromatic rings. The van der Waals surface area contributed by atoms with E-state index in [4.69, 9.17) is 0 Å². The van der Waals surface area contributed by atoms with E-state index in [9.17, 15) is 9.59 Å². The summed E-state index contributed by atoms with van der Waals surface area (Å²) in [7, 11) is 5.18. The third kappa shape index (κ3) is 4.07. The van der Waals surface area contributed by atoms with Crippen molar-refractivity contribution in [2.75, 3.05) is 25.0 Å². The average Bonchev–Trinajstić information content (AvgIpc) is 2.65. The van der Waals surface area contributed by atoms with Gasteiger partial charge in [-0.05, 0) is 44.0 Å². The van der Waals surface area contributed by atoms with Crippen molar-refractivity contribution in [3.63, 3.8) is 0 Å². The third-order valence-corrected chi connectivity index (χ3v) is 5.07. The van der Waals surface area contributed by atoms with Crippen molar-refractivity contribution in [2.24, 2.45) is 14.1 Å². The first-order valence-corrected chi connectivity index (χ1v) is 9.23. The summed E-state index contributed by atoms with van der Waals surface area (Å²) in [6, 6.07) is 8.72. The zero-order chi connectivity index (χ0) is 18.7. The lowest BCUT2D eigenvalue weighted by molar-refractivity contribution is 0.315. The Morgan fingerprint density at radius 1 is 0.962 bits per heavy atom. The van der Waals surface area contributed by atoms with E-state index in [-0.39, 0.29) is 11.2 Å². The van der Waals surface area contributed by atoms with Gasteiger partial charge in [-0.2, -0.15) is 0 Å².